The molecule has 1 amide bonds. The lowest BCUT2D eigenvalue weighted by molar-refractivity contribution is -0.115. The fourth-order valence-electron chi connectivity index (χ4n) is 3.20. The second-order valence-electron chi connectivity index (χ2n) is 6.48. The lowest BCUT2D eigenvalue weighted by Crippen LogP contribution is -2.49. The fraction of sp³-hybridized carbons (Fsp3) is 0.333. The monoisotopic (exact) mass is 366 g/mol. The molecule has 1 aliphatic rings. The zero-order chi connectivity index (χ0) is 19.1. The quantitative estimate of drug-likeness (QED) is 0.645. The summed E-state index contributed by atoms with van der Waals surface area (Å²) in [5, 5.41) is 6.02. The summed E-state index contributed by atoms with van der Waals surface area (Å²) in [5.41, 5.74) is 3.19. The van der Waals surface area contributed by atoms with Gasteiger partial charge in [0.25, 0.3) is 0 Å². The Morgan fingerprint density at radius 3 is 2.67 bits per heavy atom. The topological polar surface area (TPSA) is 66.0 Å². The number of anilines is 1. The third kappa shape index (κ3) is 5.08. The molecule has 6 heteroatoms. The first-order chi connectivity index (χ1) is 13.2. The number of guanidine groups is 1. The molecule has 0 bridgehead atoms. The van der Waals surface area contributed by atoms with Crippen LogP contribution in [0.1, 0.15) is 17.2 Å². The molecule has 2 aromatic carbocycles. The van der Waals surface area contributed by atoms with Gasteiger partial charge in [0.2, 0.25) is 5.91 Å². The van der Waals surface area contributed by atoms with Crippen molar-refractivity contribution in [2.45, 2.75) is 13.0 Å². The molecule has 1 saturated heterocycles. The Kier molecular flexibility index (Phi) is 6.44. The second-order valence-corrected chi connectivity index (χ2v) is 6.48. The summed E-state index contributed by atoms with van der Waals surface area (Å²) in [6.45, 7) is 4.32. The number of nitrogens with one attached hydrogen (secondary N) is 2. The van der Waals surface area contributed by atoms with Gasteiger partial charge in [-0.05, 0) is 30.2 Å². The molecule has 1 aliphatic heterocycles. The highest BCUT2D eigenvalue weighted by atomic mass is 16.5. The molecule has 1 fully saturated rings. The number of aryl methyl sites for hydroxylation is 1. The Bertz CT molecular complexity index is 792. The van der Waals surface area contributed by atoms with Gasteiger partial charge < -0.3 is 20.3 Å². The first-order valence-corrected chi connectivity index (χ1v) is 9.15. The van der Waals surface area contributed by atoms with E-state index >= 15 is 0 Å². The molecule has 1 heterocycles. The molecular formula is C21H26N4O2. The summed E-state index contributed by atoms with van der Waals surface area (Å²) in [6.07, 6.45) is -0.00311. The van der Waals surface area contributed by atoms with Crippen LogP contribution in [-0.2, 0) is 9.53 Å². The van der Waals surface area contributed by atoms with Crippen LogP contribution in [-0.4, -0.2) is 50.1 Å². The van der Waals surface area contributed by atoms with Crippen molar-refractivity contribution in [2.75, 3.05) is 38.6 Å². The van der Waals surface area contributed by atoms with E-state index in [1.807, 2.05) is 42.5 Å². The standard InChI is InChI=1S/C21H26N4O2/c1-16-8-6-7-11-18(16)19-15-25(12-13-27-19)21(22-2)23-14-20(26)24-17-9-4-3-5-10-17/h3-11,19H,12-15H2,1-2H3,(H,22,23)(H,24,26). The molecule has 0 saturated carbocycles. The van der Waals surface area contributed by atoms with E-state index < -0.39 is 0 Å². The number of carbonyl (C=O) groups excluding carboxylic acids is 1. The number of aliphatic imine (C=N–C) groups is 1. The minimum absolute atomic E-state index is 0.00311. The van der Waals surface area contributed by atoms with Gasteiger partial charge >= 0.3 is 0 Å². The molecule has 0 aromatic heterocycles. The lowest BCUT2D eigenvalue weighted by atomic mass is 10.0. The van der Waals surface area contributed by atoms with E-state index in [1.165, 1.54) is 11.1 Å². The van der Waals surface area contributed by atoms with Gasteiger partial charge in [-0.3, -0.25) is 9.79 Å². The molecule has 0 radical (unpaired) electrons. The zero-order valence-corrected chi connectivity index (χ0v) is 15.8. The minimum Gasteiger partial charge on any atom is -0.370 e. The Labute approximate surface area is 160 Å². The number of amides is 1. The van der Waals surface area contributed by atoms with Gasteiger partial charge in [0.15, 0.2) is 5.96 Å². The van der Waals surface area contributed by atoms with Crippen LogP contribution in [0.5, 0.6) is 0 Å². The maximum atomic E-state index is 12.2. The molecule has 0 spiro atoms. The van der Waals surface area contributed by atoms with E-state index in [1.54, 1.807) is 7.05 Å². The molecular weight excluding hydrogens is 340 g/mol. The van der Waals surface area contributed by atoms with Gasteiger partial charge in [-0.15, -0.1) is 0 Å². The number of rotatable bonds is 4. The van der Waals surface area contributed by atoms with Crippen molar-refractivity contribution in [3.05, 3.63) is 65.7 Å². The lowest BCUT2D eigenvalue weighted by Gasteiger charge is -2.35. The van der Waals surface area contributed by atoms with Gasteiger partial charge in [-0.2, -0.15) is 0 Å². The van der Waals surface area contributed by atoms with Crippen LogP contribution in [0.4, 0.5) is 5.69 Å². The van der Waals surface area contributed by atoms with Crippen LogP contribution in [0, 0.1) is 6.92 Å². The van der Waals surface area contributed by atoms with Crippen LogP contribution in [0.2, 0.25) is 0 Å². The molecule has 2 aromatic rings. The Morgan fingerprint density at radius 2 is 1.93 bits per heavy atom. The zero-order valence-electron chi connectivity index (χ0n) is 15.8. The van der Waals surface area contributed by atoms with E-state index in [4.69, 9.17) is 4.74 Å². The first kappa shape index (κ1) is 18.9. The minimum atomic E-state index is -0.105. The maximum absolute atomic E-state index is 12.2. The van der Waals surface area contributed by atoms with Crippen LogP contribution in [0.3, 0.4) is 0 Å². The highest BCUT2D eigenvalue weighted by Gasteiger charge is 2.25. The Morgan fingerprint density at radius 1 is 1.19 bits per heavy atom. The highest BCUT2D eigenvalue weighted by molar-refractivity contribution is 5.95. The van der Waals surface area contributed by atoms with E-state index in [0.717, 1.165) is 12.2 Å². The normalized spacial score (nSPS) is 17.5. The van der Waals surface area contributed by atoms with E-state index in [-0.39, 0.29) is 18.6 Å². The second kappa shape index (κ2) is 9.19. The first-order valence-electron chi connectivity index (χ1n) is 9.15. The third-order valence-electron chi connectivity index (χ3n) is 4.58. The fourth-order valence-corrected chi connectivity index (χ4v) is 3.20. The molecule has 142 valence electrons. The molecule has 6 nitrogen and oxygen atoms in total. The van der Waals surface area contributed by atoms with Crippen molar-refractivity contribution < 1.29 is 9.53 Å². The summed E-state index contributed by atoms with van der Waals surface area (Å²) in [6, 6.07) is 17.7. The van der Waals surface area contributed by atoms with Crippen LogP contribution in [0.15, 0.2) is 59.6 Å². The summed E-state index contributed by atoms with van der Waals surface area (Å²) in [7, 11) is 1.73. The molecule has 1 unspecified atom stereocenters. The smallest absolute Gasteiger partial charge is 0.243 e. The largest absolute Gasteiger partial charge is 0.370 e. The van der Waals surface area contributed by atoms with Crippen LogP contribution >= 0.6 is 0 Å². The summed E-state index contributed by atoms with van der Waals surface area (Å²) < 4.78 is 5.97. The van der Waals surface area contributed by atoms with Gasteiger partial charge in [-0.1, -0.05) is 42.5 Å². The van der Waals surface area contributed by atoms with Crippen molar-refractivity contribution in [2.24, 2.45) is 4.99 Å². The number of carbonyl (C=O) groups is 1. The molecule has 27 heavy (non-hydrogen) atoms. The number of morpholine rings is 1. The molecule has 2 N–H and O–H groups in total. The number of nitrogens with zero attached hydrogens (tertiary/aromatic N) is 2. The van der Waals surface area contributed by atoms with Gasteiger partial charge in [0, 0.05) is 19.3 Å². The van der Waals surface area contributed by atoms with Crippen molar-refractivity contribution >= 4 is 17.6 Å². The predicted molar refractivity (Wildman–Crippen MR) is 108 cm³/mol. The number of hydrogen-bond donors (Lipinski definition) is 2. The van der Waals surface area contributed by atoms with Crippen molar-refractivity contribution in [1.82, 2.24) is 10.2 Å². The summed E-state index contributed by atoms with van der Waals surface area (Å²) >= 11 is 0. The van der Waals surface area contributed by atoms with Crippen molar-refractivity contribution in [1.29, 1.82) is 0 Å². The summed E-state index contributed by atoms with van der Waals surface area (Å²) in [4.78, 5) is 18.6. The predicted octanol–water partition coefficient (Wildman–Crippen LogP) is 2.58. The van der Waals surface area contributed by atoms with Crippen LogP contribution in [0.25, 0.3) is 0 Å². The number of hydrogen-bond acceptors (Lipinski definition) is 3. The Hall–Kier alpha value is -2.86. The van der Waals surface area contributed by atoms with E-state index in [2.05, 4.69) is 39.6 Å². The average Bonchev–Trinajstić information content (AvgIpc) is 2.70. The van der Waals surface area contributed by atoms with Crippen molar-refractivity contribution in [3.8, 4) is 0 Å². The van der Waals surface area contributed by atoms with Crippen LogP contribution < -0.4 is 10.6 Å². The number of benzene rings is 2. The SMILES string of the molecule is CN=C(NCC(=O)Nc1ccccc1)N1CCOC(c2ccccc2C)C1. The van der Waals surface area contributed by atoms with Gasteiger partial charge in [-0.25, -0.2) is 0 Å². The average molecular weight is 366 g/mol. The third-order valence-corrected chi connectivity index (χ3v) is 4.58. The van der Waals surface area contributed by atoms with Crippen molar-refractivity contribution in [3.63, 3.8) is 0 Å². The number of ether oxygens (including phenoxy) is 1. The highest BCUT2D eigenvalue weighted by Crippen LogP contribution is 2.24. The summed E-state index contributed by atoms with van der Waals surface area (Å²) in [5.74, 6) is 0.603. The molecule has 3 rings (SSSR count). The molecule has 1 atom stereocenters. The number of para-hydroxylation sites is 1. The van der Waals surface area contributed by atoms with E-state index in [9.17, 15) is 4.79 Å². The van der Waals surface area contributed by atoms with Gasteiger partial charge in [0.05, 0.1) is 19.7 Å². The Balaban J connectivity index is 1.57. The van der Waals surface area contributed by atoms with E-state index in [0.29, 0.717) is 19.1 Å². The van der Waals surface area contributed by atoms with Gasteiger partial charge in [0.1, 0.15) is 6.10 Å². The molecule has 0 aliphatic carbocycles. The maximum Gasteiger partial charge on any atom is 0.243 e.